The largest absolute Gasteiger partial charge is 0.383 e. The van der Waals surface area contributed by atoms with Crippen LogP contribution < -0.4 is 5.32 Å². The molecule has 1 aromatic rings. The first-order valence-corrected chi connectivity index (χ1v) is 5.70. The Morgan fingerprint density at radius 3 is 2.77 bits per heavy atom. The van der Waals surface area contributed by atoms with Crippen LogP contribution in [0.3, 0.4) is 0 Å². The lowest BCUT2D eigenvalue weighted by atomic mass is 10.3. The van der Waals surface area contributed by atoms with Crippen molar-refractivity contribution in [3.05, 3.63) is 24.3 Å². The number of anilines is 1. The van der Waals surface area contributed by atoms with Crippen LogP contribution in [0.4, 0.5) is 5.69 Å². The fourth-order valence-corrected chi connectivity index (χ4v) is 1.89. The lowest BCUT2D eigenvalue weighted by Crippen LogP contribution is -2.09. The van der Waals surface area contributed by atoms with E-state index in [2.05, 4.69) is 50.4 Å². The van der Waals surface area contributed by atoms with Gasteiger partial charge in [0.05, 0.1) is 0 Å². The Hall–Kier alpha value is -0.630. The fraction of sp³-hybridized carbons (Fsp3) is 0.455. The second kappa shape index (κ2) is 5.18. The average Bonchev–Trinajstić information content (AvgIpc) is 2.04. The van der Waals surface area contributed by atoms with E-state index in [9.17, 15) is 0 Å². The smallest absolute Gasteiger partial charge is 0.0353 e. The molecule has 0 amide bonds. The Morgan fingerprint density at radius 2 is 2.15 bits per heavy atom. The van der Waals surface area contributed by atoms with Crippen molar-refractivity contribution in [2.24, 2.45) is 0 Å². The summed E-state index contributed by atoms with van der Waals surface area (Å²) < 4.78 is 0. The molecule has 0 saturated heterocycles. The minimum atomic E-state index is 0.502. The molecule has 0 aliphatic heterocycles. The molecule has 1 N–H and O–H groups in total. The second-order valence-corrected chi connectivity index (χ2v) is 4.60. The third kappa shape index (κ3) is 3.73. The van der Waals surface area contributed by atoms with Gasteiger partial charge < -0.3 is 5.32 Å². The van der Waals surface area contributed by atoms with Crippen LogP contribution >= 0.6 is 11.8 Å². The average molecular weight is 195 g/mol. The highest BCUT2D eigenvalue weighted by Gasteiger charge is 1.96. The van der Waals surface area contributed by atoms with Crippen LogP contribution in [0.25, 0.3) is 0 Å². The van der Waals surface area contributed by atoms with Crippen molar-refractivity contribution in [3.8, 4) is 0 Å². The molecule has 1 aromatic carbocycles. The third-order valence-electron chi connectivity index (χ3n) is 1.60. The molecule has 0 saturated carbocycles. The van der Waals surface area contributed by atoms with Crippen molar-refractivity contribution in [2.75, 3.05) is 11.1 Å². The molecule has 0 aromatic heterocycles. The Morgan fingerprint density at radius 1 is 1.38 bits per heavy atom. The first kappa shape index (κ1) is 10.5. The van der Waals surface area contributed by atoms with Gasteiger partial charge in [-0.3, -0.25) is 0 Å². The van der Waals surface area contributed by atoms with Gasteiger partial charge in [-0.15, -0.1) is 11.8 Å². The summed E-state index contributed by atoms with van der Waals surface area (Å²) in [6, 6.07) is 9.07. The minimum absolute atomic E-state index is 0.502. The van der Waals surface area contributed by atoms with E-state index in [0.29, 0.717) is 6.04 Å². The highest BCUT2D eigenvalue weighted by Crippen LogP contribution is 2.21. The Bertz CT molecular complexity index is 258. The second-order valence-electron chi connectivity index (χ2n) is 3.26. The first-order valence-electron chi connectivity index (χ1n) is 4.71. The standard InChI is InChI=1S/C11H17NS/c1-4-13-11-7-5-6-10(8-11)12-9(2)3/h5-9,12H,4H2,1-3H3. The maximum absolute atomic E-state index is 3.39. The molecule has 0 heterocycles. The van der Waals surface area contributed by atoms with E-state index in [0.717, 1.165) is 5.75 Å². The molecule has 0 fully saturated rings. The third-order valence-corrected chi connectivity index (χ3v) is 2.48. The molecule has 13 heavy (non-hydrogen) atoms. The summed E-state index contributed by atoms with van der Waals surface area (Å²) in [5.41, 5.74) is 1.22. The van der Waals surface area contributed by atoms with E-state index in [-0.39, 0.29) is 0 Å². The molecule has 1 nitrogen and oxygen atoms in total. The summed E-state index contributed by atoms with van der Waals surface area (Å²) in [5, 5.41) is 3.39. The van der Waals surface area contributed by atoms with E-state index in [4.69, 9.17) is 0 Å². The van der Waals surface area contributed by atoms with Crippen LogP contribution in [0.1, 0.15) is 20.8 Å². The summed E-state index contributed by atoms with van der Waals surface area (Å²) in [7, 11) is 0. The van der Waals surface area contributed by atoms with Crippen LogP contribution in [0, 0.1) is 0 Å². The predicted octanol–water partition coefficient (Wildman–Crippen LogP) is 3.62. The van der Waals surface area contributed by atoms with Crippen molar-refractivity contribution in [1.29, 1.82) is 0 Å². The lowest BCUT2D eigenvalue weighted by Gasteiger charge is -2.10. The normalized spacial score (nSPS) is 10.5. The monoisotopic (exact) mass is 195 g/mol. The number of hydrogen-bond donors (Lipinski definition) is 1. The molecular weight excluding hydrogens is 178 g/mol. The van der Waals surface area contributed by atoms with Crippen molar-refractivity contribution >= 4 is 17.4 Å². The molecule has 0 aliphatic carbocycles. The highest BCUT2D eigenvalue weighted by atomic mass is 32.2. The number of rotatable bonds is 4. The first-order chi connectivity index (χ1) is 6.22. The molecular formula is C11H17NS. The molecule has 72 valence electrons. The molecule has 0 atom stereocenters. The molecule has 0 spiro atoms. The highest BCUT2D eigenvalue weighted by molar-refractivity contribution is 7.99. The molecule has 0 radical (unpaired) electrons. The number of hydrogen-bond acceptors (Lipinski definition) is 2. The van der Waals surface area contributed by atoms with Gasteiger partial charge in [-0.1, -0.05) is 13.0 Å². The zero-order chi connectivity index (χ0) is 9.68. The van der Waals surface area contributed by atoms with Crippen molar-refractivity contribution in [3.63, 3.8) is 0 Å². The molecule has 0 unspecified atom stereocenters. The fourth-order valence-electron chi connectivity index (χ4n) is 1.18. The SMILES string of the molecule is CCSc1cccc(NC(C)C)c1. The summed E-state index contributed by atoms with van der Waals surface area (Å²) in [6.07, 6.45) is 0. The summed E-state index contributed by atoms with van der Waals surface area (Å²) in [5.74, 6) is 1.13. The van der Waals surface area contributed by atoms with Crippen molar-refractivity contribution in [2.45, 2.75) is 31.7 Å². The molecule has 0 aliphatic rings. The summed E-state index contributed by atoms with van der Waals surface area (Å²) >= 11 is 1.88. The van der Waals surface area contributed by atoms with E-state index >= 15 is 0 Å². The number of thioether (sulfide) groups is 1. The number of nitrogens with one attached hydrogen (secondary N) is 1. The van der Waals surface area contributed by atoms with Crippen molar-refractivity contribution in [1.82, 2.24) is 0 Å². The lowest BCUT2D eigenvalue weighted by molar-refractivity contribution is 0.899. The van der Waals surface area contributed by atoms with Crippen LogP contribution in [-0.4, -0.2) is 11.8 Å². The topological polar surface area (TPSA) is 12.0 Å². The van der Waals surface area contributed by atoms with Gasteiger partial charge in [-0.25, -0.2) is 0 Å². The molecule has 2 heteroatoms. The van der Waals surface area contributed by atoms with Crippen molar-refractivity contribution < 1.29 is 0 Å². The van der Waals surface area contributed by atoms with E-state index in [1.165, 1.54) is 10.6 Å². The van der Waals surface area contributed by atoms with Gasteiger partial charge in [0, 0.05) is 16.6 Å². The zero-order valence-electron chi connectivity index (χ0n) is 8.50. The quantitative estimate of drug-likeness (QED) is 0.736. The summed E-state index contributed by atoms with van der Waals surface area (Å²) in [6.45, 7) is 6.48. The maximum Gasteiger partial charge on any atom is 0.0353 e. The Labute approximate surface area is 84.9 Å². The van der Waals surface area contributed by atoms with Crippen LogP contribution in [-0.2, 0) is 0 Å². The van der Waals surface area contributed by atoms with Gasteiger partial charge >= 0.3 is 0 Å². The molecule has 1 rings (SSSR count). The van der Waals surface area contributed by atoms with Crippen LogP contribution in [0.15, 0.2) is 29.2 Å². The van der Waals surface area contributed by atoms with Gasteiger partial charge in [0.1, 0.15) is 0 Å². The summed E-state index contributed by atoms with van der Waals surface area (Å²) in [4.78, 5) is 1.34. The van der Waals surface area contributed by atoms with E-state index in [1.54, 1.807) is 0 Å². The van der Waals surface area contributed by atoms with Crippen LogP contribution in [0.5, 0.6) is 0 Å². The van der Waals surface area contributed by atoms with Gasteiger partial charge in [0.2, 0.25) is 0 Å². The van der Waals surface area contributed by atoms with Gasteiger partial charge in [0.25, 0.3) is 0 Å². The van der Waals surface area contributed by atoms with Crippen LogP contribution in [0.2, 0.25) is 0 Å². The Balaban J connectivity index is 2.67. The Kier molecular flexibility index (Phi) is 4.16. The molecule has 0 bridgehead atoms. The van der Waals surface area contributed by atoms with Gasteiger partial charge in [-0.2, -0.15) is 0 Å². The predicted molar refractivity (Wildman–Crippen MR) is 61.6 cm³/mol. The van der Waals surface area contributed by atoms with E-state index < -0.39 is 0 Å². The van der Waals surface area contributed by atoms with Gasteiger partial charge in [-0.05, 0) is 37.8 Å². The number of benzene rings is 1. The minimum Gasteiger partial charge on any atom is -0.383 e. The zero-order valence-corrected chi connectivity index (χ0v) is 9.32. The van der Waals surface area contributed by atoms with E-state index in [1.807, 2.05) is 11.8 Å². The maximum atomic E-state index is 3.39. The van der Waals surface area contributed by atoms with Gasteiger partial charge in [0.15, 0.2) is 0 Å².